The zero-order valence-electron chi connectivity index (χ0n) is 13.3. The SMILES string of the molecule is CCC1=NOC(CNC(=O)Nc2ccc(C)c3ncccc23)C1. The molecule has 120 valence electrons. The summed E-state index contributed by atoms with van der Waals surface area (Å²) in [6, 6.07) is 7.40. The van der Waals surface area contributed by atoms with Gasteiger partial charge in [0.2, 0.25) is 0 Å². The minimum atomic E-state index is -0.257. The van der Waals surface area contributed by atoms with Crippen LogP contribution >= 0.6 is 0 Å². The van der Waals surface area contributed by atoms with E-state index in [1.165, 1.54) is 0 Å². The van der Waals surface area contributed by atoms with E-state index in [0.29, 0.717) is 6.54 Å². The second-order valence-corrected chi connectivity index (χ2v) is 5.61. The lowest BCUT2D eigenvalue weighted by Gasteiger charge is -2.13. The second kappa shape index (κ2) is 6.64. The number of nitrogens with one attached hydrogen (secondary N) is 2. The molecule has 0 spiro atoms. The summed E-state index contributed by atoms with van der Waals surface area (Å²) in [5.74, 6) is 0. The molecule has 0 saturated carbocycles. The smallest absolute Gasteiger partial charge is 0.319 e. The number of urea groups is 1. The molecule has 1 aromatic carbocycles. The maximum Gasteiger partial charge on any atom is 0.319 e. The zero-order chi connectivity index (χ0) is 16.2. The summed E-state index contributed by atoms with van der Waals surface area (Å²) in [5, 5.41) is 10.6. The van der Waals surface area contributed by atoms with Crippen LogP contribution in [-0.2, 0) is 4.84 Å². The quantitative estimate of drug-likeness (QED) is 0.910. The third-order valence-corrected chi connectivity index (χ3v) is 3.91. The van der Waals surface area contributed by atoms with Crippen LogP contribution in [0.25, 0.3) is 10.9 Å². The van der Waals surface area contributed by atoms with Crippen LogP contribution in [-0.4, -0.2) is 29.4 Å². The highest BCUT2D eigenvalue weighted by Crippen LogP contribution is 2.24. The molecule has 0 radical (unpaired) electrons. The summed E-state index contributed by atoms with van der Waals surface area (Å²) in [5.41, 5.74) is 3.75. The van der Waals surface area contributed by atoms with E-state index in [4.69, 9.17) is 4.84 Å². The number of rotatable bonds is 4. The van der Waals surface area contributed by atoms with Crippen molar-refractivity contribution in [1.82, 2.24) is 10.3 Å². The van der Waals surface area contributed by atoms with E-state index < -0.39 is 0 Å². The van der Waals surface area contributed by atoms with Crippen molar-refractivity contribution in [3.8, 4) is 0 Å². The van der Waals surface area contributed by atoms with Crippen LogP contribution in [0.5, 0.6) is 0 Å². The van der Waals surface area contributed by atoms with Gasteiger partial charge in [0.1, 0.15) is 6.10 Å². The molecule has 1 unspecified atom stereocenters. The van der Waals surface area contributed by atoms with Gasteiger partial charge in [-0.25, -0.2) is 4.79 Å². The molecule has 0 bridgehead atoms. The highest BCUT2D eigenvalue weighted by molar-refractivity contribution is 6.01. The number of amides is 2. The molecule has 23 heavy (non-hydrogen) atoms. The Morgan fingerprint density at radius 2 is 2.26 bits per heavy atom. The number of anilines is 1. The maximum atomic E-state index is 12.1. The number of pyridine rings is 1. The number of nitrogens with zero attached hydrogens (tertiary/aromatic N) is 2. The van der Waals surface area contributed by atoms with E-state index >= 15 is 0 Å². The van der Waals surface area contributed by atoms with Gasteiger partial charge in [0, 0.05) is 18.0 Å². The van der Waals surface area contributed by atoms with Crippen LogP contribution in [0, 0.1) is 6.92 Å². The van der Waals surface area contributed by atoms with Crippen LogP contribution in [0.15, 0.2) is 35.6 Å². The molecule has 0 fully saturated rings. The predicted octanol–water partition coefficient (Wildman–Crippen LogP) is 3.22. The number of carbonyl (C=O) groups excluding carboxylic acids is 1. The van der Waals surface area contributed by atoms with Crippen LogP contribution in [0.1, 0.15) is 25.3 Å². The topological polar surface area (TPSA) is 75.6 Å². The number of aromatic nitrogens is 1. The monoisotopic (exact) mass is 312 g/mol. The van der Waals surface area contributed by atoms with Crippen LogP contribution < -0.4 is 10.6 Å². The van der Waals surface area contributed by atoms with Crippen LogP contribution in [0.4, 0.5) is 10.5 Å². The van der Waals surface area contributed by atoms with Crippen LogP contribution in [0.2, 0.25) is 0 Å². The van der Waals surface area contributed by atoms with Crippen molar-refractivity contribution in [2.24, 2.45) is 5.16 Å². The Hall–Kier alpha value is -2.63. The van der Waals surface area contributed by atoms with Crippen molar-refractivity contribution in [3.63, 3.8) is 0 Å². The van der Waals surface area contributed by atoms with Gasteiger partial charge in [-0.1, -0.05) is 18.1 Å². The van der Waals surface area contributed by atoms with Gasteiger partial charge >= 0.3 is 6.03 Å². The average molecular weight is 312 g/mol. The second-order valence-electron chi connectivity index (χ2n) is 5.61. The molecule has 0 aliphatic carbocycles. The molecule has 1 atom stereocenters. The number of carbonyl (C=O) groups is 1. The fraction of sp³-hybridized carbons (Fsp3) is 0.353. The summed E-state index contributed by atoms with van der Waals surface area (Å²) >= 11 is 0. The van der Waals surface area contributed by atoms with Gasteiger partial charge in [0.25, 0.3) is 0 Å². The lowest BCUT2D eigenvalue weighted by molar-refractivity contribution is 0.0870. The van der Waals surface area contributed by atoms with Gasteiger partial charge in [-0.15, -0.1) is 0 Å². The Labute approximate surface area is 134 Å². The molecular formula is C17H20N4O2. The summed E-state index contributed by atoms with van der Waals surface area (Å²) in [6.45, 7) is 4.48. The molecule has 2 amide bonds. The Balaban J connectivity index is 1.62. The summed E-state index contributed by atoms with van der Waals surface area (Å²) in [6.07, 6.45) is 3.33. The third-order valence-electron chi connectivity index (χ3n) is 3.91. The lowest BCUT2D eigenvalue weighted by Crippen LogP contribution is -2.35. The number of hydrogen-bond acceptors (Lipinski definition) is 4. The van der Waals surface area contributed by atoms with E-state index in [1.807, 2.05) is 38.1 Å². The number of oxime groups is 1. The standard InChI is InChI=1S/C17H20N4O2/c1-3-12-9-13(23-21-12)10-19-17(22)20-15-7-6-11(2)16-14(15)5-4-8-18-16/h4-8,13H,3,9-10H2,1-2H3,(H2,19,20,22). The van der Waals surface area contributed by atoms with Gasteiger partial charge < -0.3 is 15.5 Å². The molecule has 2 aromatic rings. The average Bonchev–Trinajstić information content (AvgIpc) is 3.04. The molecule has 2 heterocycles. The van der Waals surface area contributed by atoms with E-state index in [-0.39, 0.29) is 12.1 Å². The molecule has 3 rings (SSSR count). The molecule has 1 aromatic heterocycles. The van der Waals surface area contributed by atoms with Crippen molar-refractivity contribution in [3.05, 3.63) is 36.0 Å². The van der Waals surface area contributed by atoms with E-state index in [2.05, 4.69) is 20.8 Å². The van der Waals surface area contributed by atoms with Crippen molar-refractivity contribution < 1.29 is 9.63 Å². The Kier molecular flexibility index (Phi) is 4.41. The van der Waals surface area contributed by atoms with E-state index in [0.717, 1.165) is 40.7 Å². The molecule has 1 aliphatic rings. The first-order valence-corrected chi connectivity index (χ1v) is 7.78. The highest BCUT2D eigenvalue weighted by atomic mass is 16.6. The molecule has 2 N–H and O–H groups in total. The summed E-state index contributed by atoms with van der Waals surface area (Å²) in [7, 11) is 0. The Bertz CT molecular complexity index is 757. The van der Waals surface area contributed by atoms with E-state index in [1.54, 1.807) is 6.20 Å². The largest absolute Gasteiger partial charge is 0.390 e. The Morgan fingerprint density at radius 3 is 3.04 bits per heavy atom. The summed E-state index contributed by atoms with van der Waals surface area (Å²) < 4.78 is 0. The van der Waals surface area contributed by atoms with Crippen LogP contribution in [0.3, 0.4) is 0 Å². The number of aryl methyl sites for hydroxylation is 1. The fourth-order valence-corrected chi connectivity index (χ4v) is 2.60. The normalized spacial score (nSPS) is 16.8. The first-order chi connectivity index (χ1) is 11.2. The first kappa shape index (κ1) is 15.3. The zero-order valence-corrected chi connectivity index (χ0v) is 13.3. The number of fused-ring (bicyclic) bond motifs is 1. The fourth-order valence-electron chi connectivity index (χ4n) is 2.60. The molecule has 6 heteroatoms. The van der Waals surface area contributed by atoms with Crippen molar-refractivity contribution in [2.75, 3.05) is 11.9 Å². The molecule has 6 nitrogen and oxygen atoms in total. The van der Waals surface area contributed by atoms with Crippen molar-refractivity contribution >= 4 is 28.3 Å². The lowest BCUT2D eigenvalue weighted by atomic mass is 10.1. The number of benzene rings is 1. The first-order valence-electron chi connectivity index (χ1n) is 7.78. The summed E-state index contributed by atoms with van der Waals surface area (Å²) in [4.78, 5) is 21.8. The van der Waals surface area contributed by atoms with Gasteiger partial charge in [-0.3, -0.25) is 4.98 Å². The van der Waals surface area contributed by atoms with Gasteiger partial charge in [0.15, 0.2) is 0 Å². The third kappa shape index (κ3) is 3.41. The maximum absolute atomic E-state index is 12.1. The highest BCUT2D eigenvalue weighted by Gasteiger charge is 2.20. The van der Waals surface area contributed by atoms with Gasteiger partial charge in [-0.2, -0.15) is 0 Å². The Morgan fingerprint density at radius 1 is 1.39 bits per heavy atom. The van der Waals surface area contributed by atoms with Gasteiger partial charge in [-0.05, 0) is 37.1 Å². The number of hydrogen-bond donors (Lipinski definition) is 2. The van der Waals surface area contributed by atoms with E-state index in [9.17, 15) is 4.79 Å². The predicted molar refractivity (Wildman–Crippen MR) is 90.7 cm³/mol. The molecule has 1 aliphatic heterocycles. The molecular weight excluding hydrogens is 292 g/mol. The van der Waals surface area contributed by atoms with Crippen molar-refractivity contribution in [1.29, 1.82) is 0 Å². The molecule has 0 saturated heterocycles. The minimum Gasteiger partial charge on any atom is -0.390 e. The van der Waals surface area contributed by atoms with Gasteiger partial charge in [0.05, 0.1) is 23.5 Å². The minimum absolute atomic E-state index is 0.0767. The van der Waals surface area contributed by atoms with Crippen molar-refractivity contribution in [2.45, 2.75) is 32.8 Å².